The summed E-state index contributed by atoms with van der Waals surface area (Å²) in [5.74, 6) is 1.04. The molecule has 140 valence electrons. The molecule has 7 nitrogen and oxygen atoms in total. The standard InChI is InChI=1S/C19H19N3O4S/c1-24-15-6-3-5-13(18(15)25-2)19(23)20-10-11-26-17-9-8-14(21-22-17)16-7-4-12-27-16/h3-9,12H,10-11H2,1-2H3,(H,20,23). The molecular weight excluding hydrogens is 366 g/mol. The Morgan fingerprint density at radius 2 is 1.96 bits per heavy atom. The van der Waals surface area contributed by atoms with E-state index in [2.05, 4.69) is 15.5 Å². The lowest BCUT2D eigenvalue weighted by molar-refractivity contribution is 0.0943. The number of rotatable bonds is 8. The molecule has 0 saturated carbocycles. The molecule has 3 rings (SSSR count). The van der Waals surface area contributed by atoms with Crippen LogP contribution in [-0.2, 0) is 0 Å². The maximum absolute atomic E-state index is 12.4. The minimum absolute atomic E-state index is 0.269. The van der Waals surface area contributed by atoms with Gasteiger partial charge in [0.05, 0.1) is 31.2 Å². The summed E-state index contributed by atoms with van der Waals surface area (Å²) in [4.78, 5) is 13.4. The predicted molar refractivity (Wildman–Crippen MR) is 103 cm³/mol. The van der Waals surface area contributed by atoms with Gasteiger partial charge in [0.1, 0.15) is 12.3 Å². The molecule has 1 N–H and O–H groups in total. The maximum Gasteiger partial charge on any atom is 0.255 e. The van der Waals surface area contributed by atoms with Crippen molar-refractivity contribution in [3.05, 3.63) is 53.4 Å². The molecule has 0 fully saturated rings. The third-order valence-electron chi connectivity index (χ3n) is 3.70. The fourth-order valence-electron chi connectivity index (χ4n) is 2.43. The number of methoxy groups -OCH3 is 2. The summed E-state index contributed by atoms with van der Waals surface area (Å²) in [6.07, 6.45) is 0. The van der Waals surface area contributed by atoms with Crippen molar-refractivity contribution in [2.24, 2.45) is 0 Å². The first-order valence-corrected chi connectivity index (χ1v) is 9.10. The molecule has 0 radical (unpaired) electrons. The molecule has 1 amide bonds. The van der Waals surface area contributed by atoms with E-state index in [1.807, 2.05) is 23.6 Å². The molecule has 2 aromatic heterocycles. The van der Waals surface area contributed by atoms with Crippen molar-refractivity contribution >= 4 is 17.2 Å². The molecule has 2 heterocycles. The van der Waals surface area contributed by atoms with Crippen molar-refractivity contribution < 1.29 is 19.0 Å². The van der Waals surface area contributed by atoms with Gasteiger partial charge in [0.2, 0.25) is 5.88 Å². The number of carbonyl (C=O) groups is 1. The molecule has 0 spiro atoms. The number of nitrogens with one attached hydrogen (secondary N) is 1. The van der Waals surface area contributed by atoms with Gasteiger partial charge in [-0.2, -0.15) is 0 Å². The number of nitrogens with zero attached hydrogens (tertiary/aromatic N) is 2. The van der Waals surface area contributed by atoms with Crippen LogP contribution in [0, 0.1) is 0 Å². The number of benzene rings is 1. The largest absolute Gasteiger partial charge is 0.493 e. The third kappa shape index (κ3) is 4.53. The van der Waals surface area contributed by atoms with Gasteiger partial charge in [0.15, 0.2) is 11.5 Å². The zero-order valence-corrected chi connectivity index (χ0v) is 15.8. The van der Waals surface area contributed by atoms with Gasteiger partial charge in [-0.3, -0.25) is 4.79 Å². The Hall–Kier alpha value is -3.13. The molecule has 0 unspecified atom stereocenters. The molecule has 27 heavy (non-hydrogen) atoms. The van der Waals surface area contributed by atoms with E-state index in [0.717, 1.165) is 10.6 Å². The fraction of sp³-hybridized carbons (Fsp3) is 0.211. The summed E-state index contributed by atoms with van der Waals surface area (Å²) in [5, 5.41) is 13.0. The van der Waals surface area contributed by atoms with Crippen LogP contribution in [0.2, 0.25) is 0 Å². The van der Waals surface area contributed by atoms with E-state index in [0.29, 0.717) is 29.5 Å². The van der Waals surface area contributed by atoms with Gasteiger partial charge in [-0.05, 0) is 29.6 Å². The highest BCUT2D eigenvalue weighted by Crippen LogP contribution is 2.30. The molecule has 8 heteroatoms. The lowest BCUT2D eigenvalue weighted by Gasteiger charge is -2.12. The van der Waals surface area contributed by atoms with Crippen molar-refractivity contribution in [3.8, 4) is 28.0 Å². The Morgan fingerprint density at radius 1 is 1.07 bits per heavy atom. The Balaban J connectivity index is 1.51. The van der Waals surface area contributed by atoms with Gasteiger partial charge in [0, 0.05) is 6.07 Å². The zero-order chi connectivity index (χ0) is 19.1. The van der Waals surface area contributed by atoms with Crippen LogP contribution in [-0.4, -0.2) is 43.5 Å². The molecule has 0 aliphatic heterocycles. The minimum atomic E-state index is -0.270. The molecule has 0 aliphatic rings. The van der Waals surface area contributed by atoms with Crippen LogP contribution in [0.4, 0.5) is 0 Å². The van der Waals surface area contributed by atoms with Crippen LogP contribution in [0.5, 0.6) is 17.4 Å². The van der Waals surface area contributed by atoms with Crippen LogP contribution in [0.1, 0.15) is 10.4 Å². The zero-order valence-electron chi connectivity index (χ0n) is 15.0. The van der Waals surface area contributed by atoms with Crippen molar-refractivity contribution in [1.82, 2.24) is 15.5 Å². The highest BCUT2D eigenvalue weighted by atomic mass is 32.1. The summed E-state index contributed by atoms with van der Waals surface area (Å²) in [6, 6.07) is 12.7. The summed E-state index contributed by atoms with van der Waals surface area (Å²) in [6.45, 7) is 0.582. The minimum Gasteiger partial charge on any atom is -0.493 e. The Morgan fingerprint density at radius 3 is 2.63 bits per heavy atom. The van der Waals surface area contributed by atoms with E-state index < -0.39 is 0 Å². The first-order valence-electron chi connectivity index (χ1n) is 8.22. The lowest BCUT2D eigenvalue weighted by atomic mass is 10.1. The van der Waals surface area contributed by atoms with Crippen LogP contribution in [0.3, 0.4) is 0 Å². The van der Waals surface area contributed by atoms with Crippen LogP contribution in [0.25, 0.3) is 10.6 Å². The number of ether oxygens (including phenoxy) is 3. The van der Waals surface area contributed by atoms with Crippen molar-refractivity contribution in [3.63, 3.8) is 0 Å². The average molecular weight is 385 g/mol. The van der Waals surface area contributed by atoms with Crippen molar-refractivity contribution in [2.75, 3.05) is 27.4 Å². The van der Waals surface area contributed by atoms with Gasteiger partial charge in [0.25, 0.3) is 5.91 Å². The molecular formula is C19H19N3O4S. The summed E-state index contributed by atoms with van der Waals surface area (Å²) >= 11 is 1.60. The number of carbonyl (C=O) groups excluding carboxylic acids is 1. The van der Waals surface area contributed by atoms with Gasteiger partial charge >= 0.3 is 0 Å². The Kier molecular flexibility index (Phi) is 6.22. The fourth-order valence-corrected chi connectivity index (χ4v) is 3.12. The molecule has 1 aromatic carbocycles. The third-order valence-corrected chi connectivity index (χ3v) is 4.59. The average Bonchev–Trinajstić information content (AvgIpc) is 3.25. The quantitative estimate of drug-likeness (QED) is 0.600. The van der Waals surface area contributed by atoms with Gasteiger partial charge in [-0.1, -0.05) is 12.1 Å². The van der Waals surface area contributed by atoms with Crippen molar-refractivity contribution in [1.29, 1.82) is 0 Å². The highest BCUT2D eigenvalue weighted by molar-refractivity contribution is 7.13. The van der Waals surface area contributed by atoms with E-state index in [1.54, 1.807) is 35.6 Å². The topological polar surface area (TPSA) is 82.6 Å². The molecule has 3 aromatic rings. The SMILES string of the molecule is COc1cccc(C(=O)NCCOc2ccc(-c3cccs3)nn2)c1OC. The predicted octanol–water partition coefficient (Wildman–Crippen LogP) is 3.03. The van der Waals surface area contributed by atoms with E-state index in [-0.39, 0.29) is 12.5 Å². The lowest BCUT2D eigenvalue weighted by Crippen LogP contribution is -2.28. The number of para-hydroxylation sites is 1. The summed E-state index contributed by atoms with van der Waals surface area (Å²) < 4.78 is 16.0. The Bertz CT molecular complexity index is 882. The number of hydrogen-bond donors (Lipinski definition) is 1. The second-order valence-corrected chi connectivity index (χ2v) is 6.33. The number of amides is 1. The van der Waals surface area contributed by atoms with Gasteiger partial charge < -0.3 is 19.5 Å². The molecule has 0 aliphatic carbocycles. The molecule has 0 bridgehead atoms. The molecule has 0 atom stereocenters. The van der Waals surface area contributed by atoms with Crippen molar-refractivity contribution in [2.45, 2.75) is 0 Å². The van der Waals surface area contributed by atoms with E-state index in [9.17, 15) is 4.79 Å². The maximum atomic E-state index is 12.4. The van der Waals surface area contributed by atoms with Crippen LogP contribution in [0.15, 0.2) is 47.8 Å². The van der Waals surface area contributed by atoms with E-state index in [1.165, 1.54) is 14.2 Å². The number of aromatic nitrogens is 2. The normalized spacial score (nSPS) is 10.3. The van der Waals surface area contributed by atoms with E-state index in [4.69, 9.17) is 14.2 Å². The van der Waals surface area contributed by atoms with Crippen LogP contribution >= 0.6 is 11.3 Å². The number of hydrogen-bond acceptors (Lipinski definition) is 7. The number of thiophene rings is 1. The first kappa shape index (κ1) is 18.7. The summed E-state index contributed by atoms with van der Waals surface area (Å²) in [5.41, 5.74) is 1.20. The monoisotopic (exact) mass is 385 g/mol. The first-order chi connectivity index (χ1) is 13.2. The van der Waals surface area contributed by atoms with E-state index >= 15 is 0 Å². The van der Waals surface area contributed by atoms with Crippen LogP contribution < -0.4 is 19.5 Å². The molecule has 0 saturated heterocycles. The Labute approximate surface area is 160 Å². The van der Waals surface area contributed by atoms with Gasteiger partial charge in [-0.25, -0.2) is 0 Å². The second kappa shape index (κ2) is 9.00. The van der Waals surface area contributed by atoms with Gasteiger partial charge in [-0.15, -0.1) is 21.5 Å². The summed E-state index contributed by atoms with van der Waals surface area (Å²) in [7, 11) is 3.02. The smallest absolute Gasteiger partial charge is 0.255 e. The highest BCUT2D eigenvalue weighted by Gasteiger charge is 2.15. The second-order valence-electron chi connectivity index (χ2n) is 5.38.